The molecule has 0 radical (unpaired) electrons. The van der Waals surface area contributed by atoms with Gasteiger partial charge in [-0.25, -0.2) is 0 Å². The number of nitrogens with one attached hydrogen (secondary N) is 1. The van der Waals surface area contributed by atoms with Crippen molar-refractivity contribution in [2.75, 3.05) is 19.8 Å². The monoisotopic (exact) mass is 172 g/mol. The third-order valence-corrected chi connectivity index (χ3v) is 2.80. The first-order valence-electron chi connectivity index (χ1n) is 4.52. The van der Waals surface area contributed by atoms with Crippen molar-refractivity contribution in [2.45, 2.75) is 30.9 Å². The van der Waals surface area contributed by atoms with Gasteiger partial charge in [-0.1, -0.05) is 0 Å². The molecule has 2 fully saturated rings. The Morgan fingerprint density at radius 2 is 2.33 bits per heavy atom. The largest absolute Gasteiger partial charge is 0.378 e. The third-order valence-electron chi connectivity index (χ3n) is 2.80. The molecule has 0 aliphatic carbocycles. The molecule has 2 atom stereocenters. The maximum Gasteiger partial charge on any atom is 0.0952 e. The van der Waals surface area contributed by atoms with E-state index in [2.05, 4.69) is 5.43 Å². The average molecular weight is 172 g/mol. The van der Waals surface area contributed by atoms with Gasteiger partial charge in [0.15, 0.2) is 0 Å². The Morgan fingerprint density at radius 1 is 1.42 bits per heavy atom. The summed E-state index contributed by atoms with van der Waals surface area (Å²) in [6.45, 7) is 2.38. The van der Waals surface area contributed by atoms with Crippen LogP contribution < -0.4 is 11.3 Å². The van der Waals surface area contributed by atoms with Crippen molar-refractivity contribution in [1.82, 2.24) is 5.43 Å². The molecule has 12 heavy (non-hydrogen) atoms. The first-order valence-corrected chi connectivity index (χ1v) is 4.52. The molecule has 0 aromatic rings. The Hall–Kier alpha value is -0.160. The van der Waals surface area contributed by atoms with Gasteiger partial charge in [-0.3, -0.25) is 11.3 Å². The highest BCUT2D eigenvalue weighted by Gasteiger charge is 2.40. The summed E-state index contributed by atoms with van der Waals surface area (Å²) in [5.41, 5.74) is 2.80. The van der Waals surface area contributed by atoms with E-state index in [9.17, 15) is 0 Å². The molecule has 0 aromatic heterocycles. The van der Waals surface area contributed by atoms with Crippen LogP contribution in [0.25, 0.3) is 0 Å². The van der Waals surface area contributed by atoms with Crippen molar-refractivity contribution in [1.29, 1.82) is 0 Å². The molecule has 2 aliphatic heterocycles. The Morgan fingerprint density at radius 3 is 3.00 bits per heavy atom. The molecule has 4 nitrogen and oxygen atoms in total. The number of ether oxygens (including phenoxy) is 2. The minimum atomic E-state index is -0.0186. The van der Waals surface area contributed by atoms with Crippen molar-refractivity contribution < 1.29 is 9.47 Å². The molecule has 2 aliphatic rings. The lowest BCUT2D eigenvalue weighted by Gasteiger charge is -2.36. The predicted octanol–water partition coefficient (Wildman–Crippen LogP) is -0.212. The molecule has 1 spiro atoms. The number of hydrogen-bond donors (Lipinski definition) is 2. The van der Waals surface area contributed by atoms with Gasteiger partial charge in [-0.15, -0.1) is 0 Å². The summed E-state index contributed by atoms with van der Waals surface area (Å²) in [6.07, 6.45) is 3.02. The van der Waals surface area contributed by atoms with Crippen LogP contribution in [0.15, 0.2) is 0 Å². The fourth-order valence-electron chi connectivity index (χ4n) is 2.03. The van der Waals surface area contributed by atoms with Crippen LogP contribution in [0, 0.1) is 0 Å². The van der Waals surface area contributed by atoms with Crippen molar-refractivity contribution in [3.8, 4) is 0 Å². The standard InChI is InChI=1S/C8H16N2O2/c9-10-7-1-3-12-8(5-7)2-4-11-6-8/h7,10H,1-6,9H2. The highest BCUT2D eigenvalue weighted by atomic mass is 16.6. The maximum atomic E-state index is 5.74. The lowest BCUT2D eigenvalue weighted by molar-refractivity contribution is -0.0893. The van der Waals surface area contributed by atoms with Crippen LogP contribution in [0.1, 0.15) is 19.3 Å². The Balaban J connectivity index is 1.97. The topological polar surface area (TPSA) is 56.5 Å². The van der Waals surface area contributed by atoms with E-state index < -0.39 is 0 Å². The Labute approximate surface area is 72.4 Å². The normalized spacial score (nSPS) is 42.2. The lowest BCUT2D eigenvalue weighted by atomic mass is 9.90. The second-order valence-electron chi connectivity index (χ2n) is 3.69. The van der Waals surface area contributed by atoms with Gasteiger partial charge in [0.05, 0.1) is 12.2 Å². The van der Waals surface area contributed by atoms with E-state index in [1.165, 1.54) is 0 Å². The number of hydrogen-bond acceptors (Lipinski definition) is 4. The van der Waals surface area contributed by atoms with E-state index >= 15 is 0 Å². The SMILES string of the molecule is NNC1CCOC2(CCOC2)C1. The lowest BCUT2D eigenvalue weighted by Crippen LogP contribution is -2.49. The molecule has 2 saturated heterocycles. The van der Waals surface area contributed by atoms with Crippen LogP contribution >= 0.6 is 0 Å². The van der Waals surface area contributed by atoms with Gasteiger partial charge >= 0.3 is 0 Å². The van der Waals surface area contributed by atoms with Crippen molar-refractivity contribution >= 4 is 0 Å². The van der Waals surface area contributed by atoms with Crippen LogP contribution in [-0.2, 0) is 9.47 Å². The maximum absolute atomic E-state index is 5.74. The second-order valence-corrected chi connectivity index (χ2v) is 3.69. The van der Waals surface area contributed by atoms with Gasteiger partial charge in [0.1, 0.15) is 0 Å². The molecule has 0 aromatic carbocycles. The Kier molecular flexibility index (Phi) is 2.32. The summed E-state index contributed by atoms with van der Waals surface area (Å²) in [7, 11) is 0. The quantitative estimate of drug-likeness (QED) is 0.424. The zero-order valence-corrected chi connectivity index (χ0v) is 7.21. The van der Waals surface area contributed by atoms with Crippen molar-refractivity contribution in [2.24, 2.45) is 5.84 Å². The average Bonchev–Trinajstić information content (AvgIpc) is 2.53. The molecule has 3 N–H and O–H groups in total. The molecule has 70 valence electrons. The second kappa shape index (κ2) is 3.30. The van der Waals surface area contributed by atoms with E-state index in [-0.39, 0.29) is 5.60 Å². The summed E-state index contributed by atoms with van der Waals surface area (Å²) >= 11 is 0. The molecule has 2 unspecified atom stereocenters. The number of nitrogens with two attached hydrogens (primary N) is 1. The minimum absolute atomic E-state index is 0.0186. The van der Waals surface area contributed by atoms with Gasteiger partial charge in [0, 0.05) is 25.7 Å². The summed E-state index contributed by atoms with van der Waals surface area (Å²) in [6, 6.07) is 0.403. The van der Waals surface area contributed by atoms with Crippen LogP contribution in [-0.4, -0.2) is 31.5 Å². The van der Waals surface area contributed by atoms with Gasteiger partial charge in [-0.05, 0) is 12.8 Å². The molecule has 2 heterocycles. The number of rotatable bonds is 1. The van der Waals surface area contributed by atoms with E-state index in [4.69, 9.17) is 15.3 Å². The zero-order chi connectivity index (χ0) is 8.44. The smallest absolute Gasteiger partial charge is 0.0952 e. The van der Waals surface area contributed by atoms with Crippen LogP contribution in [0.4, 0.5) is 0 Å². The first-order chi connectivity index (χ1) is 5.85. The minimum Gasteiger partial charge on any atom is -0.378 e. The summed E-state index contributed by atoms with van der Waals surface area (Å²) < 4.78 is 11.1. The molecule has 2 rings (SSSR count). The van der Waals surface area contributed by atoms with E-state index in [1.807, 2.05) is 0 Å². The van der Waals surface area contributed by atoms with Gasteiger partial charge in [-0.2, -0.15) is 0 Å². The number of hydrazine groups is 1. The fraction of sp³-hybridized carbons (Fsp3) is 1.00. The van der Waals surface area contributed by atoms with Crippen LogP contribution in [0.5, 0.6) is 0 Å². The van der Waals surface area contributed by atoms with Gasteiger partial charge < -0.3 is 9.47 Å². The van der Waals surface area contributed by atoms with Crippen molar-refractivity contribution in [3.05, 3.63) is 0 Å². The van der Waals surface area contributed by atoms with Crippen molar-refractivity contribution in [3.63, 3.8) is 0 Å². The van der Waals surface area contributed by atoms with Crippen LogP contribution in [0.2, 0.25) is 0 Å². The van der Waals surface area contributed by atoms with Crippen LogP contribution in [0.3, 0.4) is 0 Å². The molecular weight excluding hydrogens is 156 g/mol. The highest BCUT2D eigenvalue weighted by molar-refractivity contribution is 4.91. The van der Waals surface area contributed by atoms with Gasteiger partial charge in [0.25, 0.3) is 0 Å². The molecule has 0 bridgehead atoms. The summed E-state index contributed by atoms with van der Waals surface area (Å²) in [5.74, 6) is 5.41. The zero-order valence-electron chi connectivity index (χ0n) is 7.21. The molecule has 4 heteroatoms. The summed E-state index contributed by atoms with van der Waals surface area (Å²) in [5, 5.41) is 0. The Bertz CT molecular complexity index is 157. The first kappa shape index (κ1) is 8.44. The van der Waals surface area contributed by atoms with E-state index in [0.29, 0.717) is 6.04 Å². The molecule has 0 saturated carbocycles. The van der Waals surface area contributed by atoms with Gasteiger partial charge in [0.2, 0.25) is 0 Å². The fourth-order valence-corrected chi connectivity index (χ4v) is 2.03. The predicted molar refractivity (Wildman–Crippen MR) is 44.5 cm³/mol. The summed E-state index contributed by atoms with van der Waals surface area (Å²) in [4.78, 5) is 0. The van der Waals surface area contributed by atoms with E-state index in [1.54, 1.807) is 0 Å². The highest BCUT2D eigenvalue weighted by Crippen LogP contribution is 2.32. The molecular formula is C8H16N2O2. The van der Waals surface area contributed by atoms with E-state index in [0.717, 1.165) is 39.1 Å². The molecule has 0 amide bonds. The third kappa shape index (κ3) is 1.47.